The van der Waals surface area contributed by atoms with E-state index < -0.39 is 6.04 Å². The van der Waals surface area contributed by atoms with Crippen molar-refractivity contribution >= 4 is 11.7 Å². The number of nitrogens with zero attached hydrogens (tertiary/aromatic N) is 5. The third-order valence-corrected chi connectivity index (χ3v) is 3.82. The van der Waals surface area contributed by atoms with Gasteiger partial charge in [-0.2, -0.15) is 5.10 Å². The molecule has 0 radical (unpaired) electrons. The summed E-state index contributed by atoms with van der Waals surface area (Å²) < 4.78 is 6.88. The average molecular weight is 316 g/mol. The first-order valence-electron chi connectivity index (χ1n) is 7.63. The number of carbonyl (C=O) groups is 1. The monoisotopic (exact) mass is 316 g/mol. The maximum Gasteiger partial charge on any atom is 0.244 e. The summed E-state index contributed by atoms with van der Waals surface area (Å²) in [6.07, 6.45) is 4.72. The number of ether oxygens (including phenoxy) is 1. The van der Waals surface area contributed by atoms with Gasteiger partial charge in [-0.25, -0.2) is 14.6 Å². The fourth-order valence-corrected chi connectivity index (χ4v) is 2.41. The first kappa shape index (κ1) is 15.4. The van der Waals surface area contributed by atoms with Gasteiger partial charge in [-0.1, -0.05) is 0 Å². The van der Waals surface area contributed by atoms with Crippen molar-refractivity contribution in [3.8, 4) is 0 Å². The lowest BCUT2D eigenvalue weighted by atomic mass is 10.2. The molecule has 23 heavy (non-hydrogen) atoms. The van der Waals surface area contributed by atoms with E-state index in [1.165, 1.54) is 17.3 Å². The summed E-state index contributed by atoms with van der Waals surface area (Å²) in [5, 5.41) is 6.90. The van der Waals surface area contributed by atoms with Gasteiger partial charge in [0.15, 0.2) is 0 Å². The Hall–Kier alpha value is -2.48. The third-order valence-electron chi connectivity index (χ3n) is 3.82. The minimum Gasteiger partial charge on any atom is -0.378 e. The van der Waals surface area contributed by atoms with Gasteiger partial charge in [-0.15, -0.1) is 0 Å². The first-order valence-corrected chi connectivity index (χ1v) is 7.63. The summed E-state index contributed by atoms with van der Waals surface area (Å²) in [6.45, 7) is 5.36. The topological polar surface area (TPSA) is 85.2 Å². The number of carbonyl (C=O) groups excluding carboxylic acids is 1. The quantitative estimate of drug-likeness (QED) is 0.859. The molecular weight excluding hydrogens is 296 g/mol. The summed E-state index contributed by atoms with van der Waals surface area (Å²) >= 11 is 0. The Morgan fingerprint density at radius 3 is 3.00 bits per heavy atom. The van der Waals surface area contributed by atoms with Gasteiger partial charge >= 0.3 is 0 Å². The molecule has 2 aromatic heterocycles. The van der Waals surface area contributed by atoms with Crippen LogP contribution < -0.4 is 10.2 Å². The molecule has 0 saturated carbocycles. The molecule has 0 aliphatic carbocycles. The Labute approximate surface area is 134 Å². The van der Waals surface area contributed by atoms with Crippen molar-refractivity contribution in [2.24, 2.45) is 0 Å². The van der Waals surface area contributed by atoms with Crippen molar-refractivity contribution in [1.82, 2.24) is 25.1 Å². The number of aromatic nitrogens is 4. The van der Waals surface area contributed by atoms with Gasteiger partial charge in [0.2, 0.25) is 5.91 Å². The van der Waals surface area contributed by atoms with E-state index in [9.17, 15) is 4.79 Å². The van der Waals surface area contributed by atoms with E-state index in [4.69, 9.17) is 4.74 Å². The highest BCUT2D eigenvalue weighted by Gasteiger charge is 2.16. The summed E-state index contributed by atoms with van der Waals surface area (Å²) in [5.74, 6) is 0.824. The highest BCUT2D eigenvalue weighted by atomic mass is 16.5. The molecule has 1 N–H and O–H groups in total. The Balaban J connectivity index is 1.58. The van der Waals surface area contributed by atoms with Crippen LogP contribution in [0, 0.1) is 0 Å². The van der Waals surface area contributed by atoms with Gasteiger partial charge in [0.05, 0.1) is 13.2 Å². The molecule has 1 fully saturated rings. The first-order chi connectivity index (χ1) is 11.2. The fraction of sp³-hybridized carbons (Fsp3) is 0.467. The molecule has 1 atom stereocenters. The average Bonchev–Trinajstić information content (AvgIpc) is 3.14. The number of amides is 1. The molecule has 8 heteroatoms. The van der Waals surface area contributed by atoms with E-state index in [-0.39, 0.29) is 5.91 Å². The van der Waals surface area contributed by atoms with Crippen LogP contribution in [0.1, 0.15) is 18.5 Å². The normalized spacial score (nSPS) is 16.1. The van der Waals surface area contributed by atoms with Gasteiger partial charge in [0.25, 0.3) is 0 Å². The Morgan fingerprint density at radius 2 is 2.26 bits per heavy atom. The number of nitrogens with one attached hydrogen (secondary N) is 1. The van der Waals surface area contributed by atoms with Crippen molar-refractivity contribution < 1.29 is 9.53 Å². The predicted molar refractivity (Wildman–Crippen MR) is 83.8 cm³/mol. The number of pyridine rings is 1. The Morgan fingerprint density at radius 1 is 1.43 bits per heavy atom. The standard InChI is InChI=1S/C15H20N6O2/c1-12(21-11-16-10-19-21)15(22)18-9-13-2-3-17-14(8-13)20-4-6-23-7-5-20/h2-3,8,10-12H,4-7,9H2,1H3,(H,18,22)/t12-/m0/s1. The highest BCUT2D eigenvalue weighted by molar-refractivity contribution is 5.79. The summed E-state index contributed by atoms with van der Waals surface area (Å²) in [6, 6.07) is 3.52. The molecule has 2 aromatic rings. The molecular formula is C15H20N6O2. The number of anilines is 1. The molecule has 3 rings (SSSR count). The van der Waals surface area contributed by atoms with Crippen LogP contribution >= 0.6 is 0 Å². The van der Waals surface area contributed by atoms with Crippen LogP contribution in [-0.4, -0.2) is 52.0 Å². The zero-order valence-corrected chi connectivity index (χ0v) is 13.1. The van der Waals surface area contributed by atoms with E-state index in [0.717, 1.165) is 37.7 Å². The molecule has 122 valence electrons. The zero-order valence-electron chi connectivity index (χ0n) is 13.1. The fourth-order valence-electron chi connectivity index (χ4n) is 2.41. The maximum atomic E-state index is 12.2. The van der Waals surface area contributed by atoms with Crippen molar-refractivity contribution in [3.63, 3.8) is 0 Å². The predicted octanol–water partition coefficient (Wildman–Crippen LogP) is 0.387. The summed E-state index contributed by atoms with van der Waals surface area (Å²) in [4.78, 5) is 22.6. The molecule has 0 aromatic carbocycles. The lowest BCUT2D eigenvalue weighted by Gasteiger charge is -2.28. The van der Waals surface area contributed by atoms with Gasteiger partial charge < -0.3 is 15.0 Å². The third kappa shape index (κ3) is 3.84. The van der Waals surface area contributed by atoms with Crippen molar-refractivity contribution in [2.45, 2.75) is 19.5 Å². The van der Waals surface area contributed by atoms with Gasteiger partial charge in [-0.05, 0) is 24.6 Å². The highest BCUT2D eigenvalue weighted by Crippen LogP contribution is 2.14. The smallest absolute Gasteiger partial charge is 0.244 e. The minimum absolute atomic E-state index is 0.0970. The molecule has 1 aliphatic rings. The number of rotatable bonds is 5. The molecule has 1 saturated heterocycles. The van der Waals surface area contributed by atoms with E-state index in [1.54, 1.807) is 13.1 Å². The minimum atomic E-state index is -0.391. The molecule has 8 nitrogen and oxygen atoms in total. The second-order valence-electron chi connectivity index (χ2n) is 5.39. The van der Waals surface area contributed by atoms with E-state index in [2.05, 4.69) is 25.3 Å². The van der Waals surface area contributed by atoms with Crippen molar-refractivity contribution in [2.75, 3.05) is 31.2 Å². The second kappa shape index (κ2) is 7.19. The SMILES string of the molecule is C[C@@H](C(=O)NCc1ccnc(N2CCOCC2)c1)n1cncn1. The summed E-state index contributed by atoms with van der Waals surface area (Å²) in [5.41, 5.74) is 1.01. The van der Waals surface area contributed by atoms with Gasteiger partial charge in [-0.3, -0.25) is 4.79 Å². The Bertz CT molecular complexity index is 639. The second-order valence-corrected chi connectivity index (χ2v) is 5.39. The lowest BCUT2D eigenvalue weighted by Crippen LogP contribution is -2.36. The number of morpholine rings is 1. The molecule has 0 bridgehead atoms. The van der Waals surface area contributed by atoms with Crippen LogP contribution in [0.2, 0.25) is 0 Å². The molecule has 1 amide bonds. The van der Waals surface area contributed by atoms with E-state index in [0.29, 0.717) is 6.54 Å². The van der Waals surface area contributed by atoms with Crippen LogP contribution in [-0.2, 0) is 16.1 Å². The Kier molecular flexibility index (Phi) is 4.82. The molecule has 0 spiro atoms. The molecule has 1 aliphatic heterocycles. The van der Waals surface area contributed by atoms with Crippen molar-refractivity contribution in [3.05, 3.63) is 36.5 Å². The van der Waals surface area contributed by atoms with Crippen LogP contribution in [0.4, 0.5) is 5.82 Å². The van der Waals surface area contributed by atoms with Gasteiger partial charge in [0, 0.05) is 25.8 Å². The van der Waals surface area contributed by atoms with E-state index >= 15 is 0 Å². The zero-order chi connectivity index (χ0) is 16.1. The number of hydrogen-bond donors (Lipinski definition) is 1. The largest absolute Gasteiger partial charge is 0.378 e. The van der Waals surface area contributed by atoms with Crippen LogP contribution in [0.25, 0.3) is 0 Å². The molecule has 0 unspecified atom stereocenters. The van der Waals surface area contributed by atoms with E-state index in [1.807, 2.05) is 12.1 Å². The van der Waals surface area contributed by atoms with Crippen molar-refractivity contribution in [1.29, 1.82) is 0 Å². The molecule has 3 heterocycles. The number of hydrogen-bond acceptors (Lipinski definition) is 6. The van der Waals surface area contributed by atoms with Crippen LogP contribution in [0.5, 0.6) is 0 Å². The van der Waals surface area contributed by atoms with Crippen LogP contribution in [0.15, 0.2) is 31.0 Å². The maximum absolute atomic E-state index is 12.2. The van der Waals surface area contributed by atoms with Crippen LogP contribution in [0.3, 0.4) is 0 Å². The summed E-state index contributed by atoms with van der Waals surface area (Å²) in [7, 11) is 0. The van der Waals surface area contributed by atoms with Gasteiger partial charge in [0.1, 0.15) is 24.5 Å². The lowest BCUT2D eigenvalue weighted by molar-refractivity contribution is -0.124.